The van der Waals surface area contributed by atoms with E-state index >= 15 is 0 Å². The number of hydrogen-bond donors (Lipinski definition) is 5. The van der Waals surface area contributed by atoms with Crippen molar-refractivity contribution in [1.29, 1.82) is 0 Å². The van der Waals surface area contributed by atoms with Gasteiger partial charge in [-0.3, -0.25) is 15.8 Å². The van der Waals surface area contributed by atoms with Crippen molar-refractivity contribution >= 4 is 17.2 Å². The fraction of sp³-hybridized carbons (Fsp3) is 0.0625. The predicted molar refractivity (Wildman–Crippen MR) is 85.5 cm³/mol. The number of hydrogen-bond acceptors (Lipinski definition) is 5. The summed E-state index contributed by atoms with van der Waals surface area (Å²) in [4.78, 5) is 0. The van der Waals surface area contributed by atoms with Gasteiger partial charge in [-0.25, -0.2) is 4.39 Å². The number of phenolic OH excluding ortho intramolecular Hbond substituents is 1. The lowest BCUT2D eigenvalue weighted by atomic mass is 10.1. The lowest BCUT2D eigenvalue weighted by molar-refractivity contribution is 0.389. The van der Waals surface area contributed by atoms with Crippen LogP contribution >= 0.6 is 0 Å². The van der Waals surface area contributed by atoms with Crippen LogP contribution in [0.1, 0.15) is 5.56 Å². The molecule has 118 valence electrons. The molecule has 0 saturated carbocycles. The second-order valence-electron chi connectivity index (χ2n) is 5.07. The highest BCUT2D eigenvalue weighted by molar-refractivity contribution is 5.69. The van der Waals surface area contributed by atoms with Crippen molar-refractivity contribution in [2.45, 2.75) is 6.92 Å². The van der Waals surface area contributed by atoms with Gasteiger partial charge in [-0.2, -0.15) is 5.10 Å². The monoisotopic (exact) mass is 314 g/mol. The molecule has 0 aliphatic heterocycles. The number of rotatable bonds is 4. The molecule has 2 aromatic carbocycles. The van der Waals surface area contributed by atoms with Gasteiger partial charge in [0.2, 0.25) is 0 Å². The first-order chi connectivity index (χ1) is 11.1. The van der Waals surface area contributed by atoms with E-state index in [1.807, 2.05) is 5.48 Å². The highest BCUT2D eigenvalue weighted by Crippen LogP contribution is 2.29. The Morgan fingerprint density at radius 3 is 2.52 bits per heavy atom. The molecule has 0 unspecified atom stereocenters. The van der Waals surface area contributed by atoms with Crippen LogP contribution in [0.25, 0.3) is 11.3 Å². The van der Waals surface area contributed by atoms with Gasteiger partial charge in [-0.1, -0.05) is 12.1 Å². The van der Waals surface area contributed by atoms with Gasteiger partial charge in [0.25, 0.3) is 0 Å². The minimum absolute atomic E-state index is 0.0677. The van der Waals surface area contributed by atoms with Gasteiger partial charge in [-0.05, 0) is 42.8 Å². The molecule has 6 nitrogen and oxygen atoms in total. The molecule has 0 aliphatic carbocycles. The number of aryl methyl sites for hydroxylation is 1. The molecule has 3 aromatic rings. The van der Waals surface area contributed by atoms with E-state index in [0.29, 0.717) is 16.9 Å². The third-order valence-corrected chi connectivity index (χ3v) is 3.47. The molecule has 7 heteroatoms. The zero-order valence-corrected chi connectivity index (χ0v) is 12.3. The van der Waals surface area contributed by atoms with E-state index in [2.05, 4.69) is 15.5 Å². The molecular weight excluding hydrogens is 299 g/mol. The van der Waals surface area contributed by atoms with Crippen molar-refractivity contribution < 1.29 is 14.7 Å². The first-order valence-electron chi connectivity index (χ1n) is 6.89. The van der Waals surface area contributed by atoms with Crippen molar-refractivity contribution in [3.8, 4) is 17.0 Å². The topological polar surface area (TPSA) is 93.2 Å². The van der Waals surface area contributed by atoms with E-state index in [9.17, 15) is 9.50 Å². The number of phenols is 1. The Balaban J connectivity index is 1.89. The zero-order valence-electron chi connectivity index (χ0n) is 12.3. The summed E-state index contributed by atoms with van der Waals surface area (Å²) in [6.07, 6.45) is 0. The summed E-state index contributed by atoms with van der Waals surface area (Å²) in [6, 6.07) is 11.3. The summed E-state index contributed by atoms with van der Waals surface area (Å²) in [5.41, 5.74) is 4.79. The Hall–Kier alpha value is -3.06. The van der Waals surface area contributed by atoms with Crippen LogP contribution in [0.3, 0.4) is 0 Å². The molecule has 0 saturated heterocycles. The normalized spacial score (nSPS) is 10.6. The second-order valence-corrected chi connectivity index (χ2v) is 5.07. The molecule has 0 atom stereocenters. The van der Waals surface area contributed by atoms with Crippen molar-refractivity contribution in [2.75, 3.05) is 10.8 Å². The van der Waals surface area contributed by atoms with Gasteiger partial charge in [-0.15, -0.1) is 0 Å². The minimum Gasteiger partial charge on any atom is -0.508 e. The lowest BCUT2D eigenvalue weighted by Crippen LogP contribution is -1.95. The maximum atomic E-state index is 14.5. The van der Waals surface area contributed by atoms with Crippen LogP contribution in [0.2, 0.25) is 0 Å². The summed E-state index contributed by atoms with van der Waals surface area (Å²) in [5.74, 6) is -0.297. The van der Waals surface area contributed by atoms with Crippen LogP contribution in [0.5, 0.6) is 5.75 Å². The molecule has 0 bridgehead atoms. The number of aromatic hydroxyl groups is 1. The van der Waals surface area contributed by atoms with Crippen molar-refractivity contribution in [1.82, 2.24) is 10.2 Å². The molecule has 0 aliphatic rings. The Morgan fingerprint density at radius 1 is 1.13 bits per heavy atom. The van der Waals surface area contributed by atoms with Crippen LogP contribution in [0, 0.1) is 12.7 Å². The molecular formula is C16H15FN4O2. The average Bonchev–Trinajstić information content (AvgIpc) is 2.91. The van der Waals surface area contributed by atoms with Crippen molar-refractivity contribution in [3.05, 3.63) is 53.8 Å². The van der Waals surface area contributed by atoms with Gasteiger partial charge in [0.15, 0.2) is 11.6 Å². The summed E-state index contributed by atoms with van der Waals surface area (Å²) < 4.78 is 14.5. The number of nitrogens with one attached hydrogen (secondary N) is 3. The van der Waals surface area contributed by atoms with Gasteiger partial charge < -0.3 is 10.4 Å². The number of nitrogens with zero attached hydrogens (tertiary/aromatic N) is 1. The maximum Gasteiger partial charge on any atom is 0.193 e. The zero-order chi connectivity index (χ0) is 16.4. The number of anilines is 3. The average molecular weight is 314 g/mol. The number of benzene rings is 2. The summed E-state index contributed by atoms with van der Waals surface area (Å²) in [5, 5.41) is 27.7. The molecule has 0 spiro atoms. The maximum absolute atomic E-state index is 14.5. The number of aromatic nitrogens is 2. The van der Waals surface area contributed by atoms with E-state index in [4.69, 9.17) is 5.21 Å². The van der Waals surface area contributed by atoms with Crippen LogP contribution in [-0.4, -0.2) is 20.5 Å². The number of H-pyrrole nitrogens is 1. The van der Waals surface area contributed by atoms with Gasteiger partial charge in [0, 0.05) is 11.3 Å². The number of halogens is 1. The highest BCUT2D eigenvalue weighted by atomic mass is 19.1. The van der Waals surface area contributed by atoms with Crippen LogP contribution in [0.15, 0.2) is 42.5 Å². The van der Waals surface area contributed by atoms with E-state index < -0.39 is 5.82 Å². The minimum atomic E-state index is -0.512. The Labute approximate surface area is 131 Å². The molecule has 1 heterocycles. The summed E-state index contributed by atoms with van der Waals surface area (Å²) >= 11 is 0. The second kappa shape index (κ2) is 5.98. The van der Waals surface area contributed by atoms with Crippen LogP contribution in [0.4, 0.5) is 21.6 Å². The van der Waals surface area contributed by atoms with Crippen molar-refractivity contribution in [3.63, 3.8) is 0 Å². The van der Waals surface area contributed by atoms with E-state index in [1.165, 1.54) is 6.07 Å². The van der Waals surface area contributed by atoms with Gasteiger partial charge in [0.05, 0.1) is 5.69 Å². The quantitative estimate of drug-likeness (QED) is 0.373. The molecule has 3 rings (SSSR count). The lowest BCUT2D eigenvalue weighted by Gasteiger charge is -2.07. The third kappa shape index (κ3) is 2.95. The molecule has 23 heavy (non-hydrogen) atoms. The highest BCUT2D eigenvalue weighted by Gasteiger charge is 2.15. The molecule has 1 aromatic heterocycles. The predicted octanol–water partition coefficient (Wildman–Crippen LogP) is 3.77. The molecule has 0 amide bonds. The van der Waals surface area contributed by atoms with Crippen LogP contribution < -0.4 is 10.8 Å². The van der Waals surface area contributed by atoms with Gasteiger partial charge in [0.1, 0.15) is 11.4 Å². The SMILES string of the molecule is Cc1cc(O)ccc1Nc1n[nH]c(-c2ccc(NO)cc2)c1F. The first-order valence-corrected chi connectivity index (χ1v) is 6.89. The molecule has 5 N–H and O–H groups in total. The van der Waals surface area contributed by atoms with Gasteiger partial charge >= 0.3 is 0 Å². The van der Waals surface area contributed by atoms with Crippen molar-refractivity contribution in [2.24, 2.45) is 0 Å². The van der Waals surface area contributed by atoms with E-state index in [-0.39, 0.29) is 17.3 Å². The Bertz CT molecular complexity index is 831. The smallest absolute Gasteiger partial charge is 0.193 e. The number of aromatic amines is 1. The first kappa shape index (κ1) is 14.9. The summed E-state index contributed by atoms with van der Waals surface area (Å²) in [6.45, 7) is 1.80. The fourth-order valence-electron chi connectivity index (χ4n) is 2.23. The molecule has 0 fully saturated rings. The Morgan fingerprint density at radius 2 is 1.87 bits per heavy atom. The standard InChI is InChI=1S/C16H15FN4O2/c1-9-8-12(22)6-7-13(9)18-16-14(17)15(19-20-16)10-2-4-11(21-23)5-3-10/h2-8,21-23H,1H3,(H2,18,19,20). The van der Waals surface area contributed by atoms with E-state index in [1.54, 1.807) is 43.3 Å². The largest absolute Gasteiger partial charge is 0.508 e. The summed E-state index contributed by atoms with van der Waals surface area (Å²) in [7, 11) is 0. The fourth-order valence-corrected chi connectivity index (χ4v) is 2.23. The Kier molecular flexibility index (Phi) is 3.86. The third-order valence-electron chi connectivity index (χ3n) is 3.47. The molecule has 0 radical (unpaired) electrons. The van der Waals surface area contributed by atoms with Crippen LogP contribution in [-0.2, 0) is 0 Å². The van der Waals surface area contributed by atoms with E-state index in [0.717, 1.165) is 5.56 Å².